The molecule has 0 atom stereocenters. The third-order valence-electron chi connectivity index (χ3n) is 1.26. The van der Waals surface area contributed by atoms with Crippen molar-refractivity contribution in [2.75, 3.05) is 5.43 Å². The van der Waals surface area contributed by atoms with Gasteiger partial charge in [-0.05, 0) is 0 Å². The molecule has 0 spiro atoms. The van der Waals surface area contributed by atoms with Crippen LogP contribution in [0.2, 0.25) is 0 Å². The number of rotatable bonds is 1. The van der Waals surface area contributed by atoms with E-state index in [2.05, 4.69) is 30.8 Å². The molecule has 7 heteroatoms. The van der Waals surface area contributed by atoms with Crippen molar-refractivity contribution in [3.8, 4) is 0 Å². The van der Waals surface area contributed by atoms with Crippen molar-refractivity contribution in [3.63, 3.8) is 0 Å². The Bertz CT molecular complexity index is 365. The number of H-pyrrole nitrogens is 1. The summed E-state index contributed by atoms with van der Waals surface area (Å²) in [5.74, 6) is 5.61. The first-order chi connectivity index (χ1) is 5.42. The Morgan fingerprint density at radius 2 is 2.36 bits per heavy atom. The third-order valence-corrected chi connectivity index (χ3v) is 1.26. The fourth-order valence-electron chi connectivity index (χ4n) is 0.783. The second kappa shape index (κ2) is 2.13. The van der Waals surface area contributed by atoms with E-state index in [0.29, 0.717) is 17.0 Å². The predicted octanol–water partition coefficient (Wildman–Crippen LogP) is -0.967. The van der Waals surface area contributed by atoms with Crippen LogP contribution in [0.1, 0.15) is 0 Å². The van der Waals surface area contributed by atoms with Gasteiger partial charge in [-0.3, -0.25) is 0 Å². The summed E-state index contributed by atoms with van der Waals surface area (Å²) in [4.78, 5) is 7.69. The number of nitrogen functional groups attached to an aromatic ring is 1. The number of anilines is 1. The summed E-state index contributed by atoms with van der Waals surface area (Å²) in [5, 5.41) is 9.84. The van der Waals surface area contributed by atoms with E-state index in [1.54, 1.807) is 0 Å². The molecule has 2 rings (SSSR count). The number of nitrogens with zero attached hydrogens (tertiary/aromatic N) is 4. The molecule has 0 radical (unpaired) electrons. The number of aromatic nitrogens is 5. The number of nitrogens with two attached hydrogens (primary N) is 1. The van der Waals surface area contributed by atoms with Crippen molar-refractivity contribution in [1.82, 2.24) is 25.4 Å². The average Bonchev–Trinajstić information content (AvgIpc) is 2.50. The second-order valence-electron chi connectivity index (χ2n) is 1.88. The Balaban J connectivity index is 2.79. The first-order valence-electron chi connectivity index (χ1n) is 2.90. The van der Waals surface area contributed by atoms with Crippen LogP contribution in [0.15, 0.2) is 6.33 Å². The van der Waals surface area contributed by atoms with Crippen LogP contribution in [0.25, 0.3) is 11.2 Å². The minimum Gasteiger partial charge on any atom is -0.306 e. The Hall–Kier alpha value is -1.76. The van der Waals surface area contributed by atoms with E-state index < -0.39 is 0 Å². The molecule has 4 N–H and O–H groups in total. The Morgan fingerprint density at radius 3 is 3.18 bits per heavy atom. The smallest absolute Gasteiger partial charge is 0.181 e. The van der Waals surface area contributed by atoms with Crippen molar-refractivity contribution < 1.29 is 0 Å². The molecule has 0 bridgehead atoms. The molecular weight excluding hydrogens is 146 g/mol. The maximum atomic E-state index is 5.15. The van der Waals surface area contributed by atoms with Crippen LogP contribution in [-0.2, 0) is 0 Å². The van der Waals surface area contributed by atoms with Crippen molar-refractivity contribution in [2.24, 2.45) is 5.84 Å². The standard InChI is InChI=1S/C4H5N7/c5-8-3-2-4(7-1-6-3)10-11-9-2/h1H,5H2,(H2,6,7,8,9,10,11). The largest absolute Gasteiger partial charge is 0.306 e. The van der Waals surface area contributed by atoms with Crippen LogP contribution in [-0.4, -0.2) is 25.4 Å². The van der Waals surface area contributed by atoms with Crippen LogP contribution in [0.3, 0.4) is 0 Å². The Labute approximate surface area is 61.0 Å². The van der Waals surface area contributed by atoms with Gasteiger partial charge < -0.3 is 5.43 Å². The van der Waals surface area contributed by atoms with Gasteiger partial charge in [0.05, 0.1) is 0 Å². The number of hydrazine groups is 1. The maximum Gasteiger partial charge on any atom is 0.181 e. The number of aromatic amines is 1. The van der Waals surface area contributed by atoms with Crippen molar-refractivity contribution >= 4 is 17.0 Å². The average molecular weight is 151 g/mol. The van der Waals surface area contributed by atoms with E-state index in [1.807, 2.05) is 0 Å². The molecule has 0 aromatic carbocycles. The zero-order valence-electron chi connectivity index (χ0n) is 5.44. The molecule has 2 aromatic rings. The molecule has 2 heterocycles. The minimum atomic E-state index is 0.462. The van der Waals surface area contributed by atoms with Gasteiger partial charge in [0, 0.05) is 0 Å². The predicted molar refractivity (Wildman–Crippen MR) is 37.3 cm³/mol. The van der Waals surface area contributed by atoms with Crippen molar-refractivity contribution in [1.29, 1.82) is 0 Å². The van der Waals surface area contributed by atoms with Gasteiger partial charge >= 0.3 is 0 Å². The molecule has 0 fully saturated rings. The quantitative estimate of drug-likeness (QED) is 0.358. The third kappa shape index (κ3) is 0.783. The maximum absolute atomic E-state index is 5.15. The number of fused-ring (bicyclic) bond motifs is 1. The van der Waals surface area contributed by atoms with Gasteiger partial charge in [-0.15, -0.1) is 5.10 Å². The summed E-state index contributed by atoms with van der Waals surface area (Å²) in [6.45, 7) is 0. The highest BCUT2D eigenvalue weighted by Crippen LogP contribution is 2.10. The highest BCUT2D eigenvalue weighted by molar-refractivity contribution is 5.80. The summed E-state index contributed by atoms with van der Waals surface area (Å²) < 4.78 is 0. The highest BCUT2D eigenvalue weighted by Gasteiger charge is 2.03. The van der Waals surface area contributed by atoms with Gasteiger partial charge in [-0.2, -0.15) is 0 Å². The lowest BCUT2D eigenvalue weighted by Gasteiger charge is -1.94. The van der Waals surface area contributed by atoms with E-state index in [0.717, 1.165) is 0 Å². The normalized spacial score (nSPS) is 10.3. The van der Waals surface area contributed by atoms with E-state index in [4.69, 9.17) is 5.84 Å². The fourth-order valence-corrected chi connectivity index (χ4v) is 0.783. The van der Waals surface area contributed by atoms with E-state index in [9.17, 15) is 0 Å². The minimum absolute atomic E-state index is 0.462. The summed E-state index contributed by atoms with van der Waals surface area (Å²) in [6, 6.07) is 0. The summed E-state index contributed by atoms with van der Waals surface area (Å²) >= 11 is 0. The molecule has 0 aliphatic carbocycles. The van der Waals surface area contributed by atoms with Gasteiger partial charge in [-0.1, -0.05) is 5.21 Å². The van der Waals surface area contributed by atoms with Gasteiger partial charge in [0.1, 0.15) is 6.33 Å². The van der Waals surface area contributed by atoms with Crippen LogP contribution in [0.5, 0.6) is 0 Å². The first-order valence-corrected chi connectivity index (χ1v) is 2.90. The molecular formula is C4H5N7. The topological polar surface area (TPSA) is 105 Å². The molecule has 56 valence electrons. The lowest BCUT2D eigenvalue weighted by Crippen LogP contribution is -2.09. The molecule has 0 unspecified atom stereocenters. The number of hydrogen-bond donors (Lipinski definition) is 3. The molecule has 0 amide bonds. The molecule has 0 saturated heterocycles. The van der Waals surface area contributed by atoms with E-state index in [1.165, 1.54) is 6.33 Å². The monoisotopic (exact) mass is 151 g/mol. The Morgan fingerprint density at radius 1 is 1.45 bits per heavy atom. The van der Waals surface area contributed by atoms with Crippen LogP contribution in [0, 0.1) is 0 Å². The summed E-state index contributed by atoms with van der Waals surface area (Å²) in [5.41, 5.74) is 3.48. The zero-order chi connectivity index (χ0) is 7.68. The van der Waals surface area contributed by atoms with Crippen LogP contribution < -0.4 is 11.3 Å². The molecule has 0 aliphatic heterocycles. The summed E-state index contributed by atoms with van der Waals surface area (Å²) in [6.07, 6.45) is 1.37. The molecule has 0 saturated carbocycles. The van der Waals surface area contributed by atoms with Gasteiger partial charge in [0.2, 0.25) is 0 Å². The van der Waals surface area contributed by atoms with Crippen LogP contribution >= 0.6 is 0 Å². The molecule has 11 heavy (non-hydrogen) atoms. The zero-order valence-corrected chi connectivity index (χ0v) is 5.44. The molecule has 0 aliphatic rings. The van der Waals surface area contributed by atoms with Crippen molar-refractivity contribution in [2.45, 2.75) is 0 Å². The summed E-state index contributed by atoms with van der Waals surface area (Å²) in [7, 11) is 0. The lowest BCUT2D eigenvalue weighted by molar-refractivity contribution is 0.954. The van der Waals surface area contributed by atoms with Gasteiger partial charge in [-0.25, -0.2) is 20.9 Å². The SMILES string of the molecule is NNc1ncnc2[nH]nnc12. The van der Waals surface area contributed by atoms with Gasteiger partial charge in [0.15, 0.2) is 17.0 Å². The molecule has 2 aromatic heterocycles. The Kier molecular flexibility index (Phi) is 1.16. The molecule has 7 nitrogen and oxygen atoms in total. The fraction of sp³-hybridized carbons (Fsp3) is 0. The van der Waals surface area contributed by atoms with Crippen LogP contribution in [0.4, 0.5) is 5.82 Å². The number of hydrogen-bond acceptors (Lipinski definition) is 6. The second-order valence-corrected chi connectivity index (χ2v) is 1.88. The lowest BCUT2D eigenvalue weighted by atomic mass is 10.5. The van der Waals surface area contributed by atoms with E-state index in [-0.39, 0.29) is 0 Å². The first kappa shape index (κ1) is 5.98. The van der Waals surface area contributed by atoms with E-state index >= 15 is 0 Å². The van der Waals surface area contributed by atoms with Crippen molar-refractivity contribution in [3.05, 3.63) is 6.33 Å². The highest BCUT2D eigenvalue weighted by atomic mass is 15.4. The number of nitrogens with one attached hydrogen (secondary N) is 2. The van der Waals surface area contributed by atoms with Gasteiger partial charge in [0.25, 0.3) is 0 Å².